The minimum atomic E-state index is 0.326. The lowest BCUT2D eigenvalue weighted by Gasteiger charge is -2.29. The van der Waals surface area contributed by atoms with Gasteiger partial charge < -0.3 is 5.32 Å². The molecule has 1 N–H and O–H groups in total. The molecule has 30 heavy (non-hydrogen) atoms. The van der Waals surface area contributed by atoms with Crippen molar-refractivity contribution >= 4 is 11.6 Å². The molecule has 1 aliphatic heterocycles. The molecule has 0 saturated heterocycles. The standard InChI is InChI=1S/C24H32N6/c1-5-6-10-29-11-9-19-12-22(8-7-20(19)15-29)27-24-25-13-18(4)23(28-24)21-14-26-30(16-21)17(2)3/h7-8,12-14,16-17H,5-6,9-11,15H2,1-4H3,(H,25,27,28). The first-order valence-corrected chi connectivity index (χ1v) is 11.0. The molecule has 6 nitrogen and oxygen atoms in total. The number of aryl methyl sites for hydroxylation is 1. The van der Waals surface area contributed by atoms with Crippen LogP contribution >= 0.6 is 0 Å². The molecule has 3 aromatic rings. The Morgan fingerprint density at radius 2 is 2.03 bits per heavy atom. The van der Waals surface area contributed by atoms with Crippen molar-refractivity contribution in [2.24, 2.45) is 0 Å². The molecule has 3 heterocycles. The minimum Gasteiger partial charge on any atom is -0.324 e. The van der Waals surface area contributed by atoms with Crippen molar-refractivity contribution in [1.82, 2.24) is 24.6 Å². The van der Waals surface area contributed by atoms with Gasteiger partial charge in [0.15, 0.2) is 0 Å². The number of benzene rings is 1. The van der Waals surface area contributed by atoms with Gasteiger partial charge in [0.1, 0.15) is 0 Å². The summed E-state index contributed by atoms with van der Waals surface area (Å²) in [6.45, 7) is 11.9. The molecule has 0 amide bonds. The van der Waals surface area contributed by atoms with Crippen molar-refractivity contribution in [2.45, 2.75) is 59.5 Å². The third kappa shape index (κ3) is 4.54. The first-order chi connectivity index (χ1) is 14.5. The zero-order valence-electron chi connectivity index (χ0n) is 18.5. The van der Waals surface area contributed by atoms with Gasteiger partial charge in [-0.25, -0.2) is 9.97 Å². The molecule has 4 rings (SSSR count). The fourth-order valence-electron chi connectivity index (χ4n) is 3.93. The molecule has 2 aromatic heterocycles. The van der Waals surface area contributed by atoms with Crippen LogP contribution in [0.4, 0.5) is 11.6 Å². The fraction of sp³-hybridized carbons (Fsp3) is 0.458. The Morgan fingerprint density at radius 1 is 1.17 bits per heavy atom. The van der Waals surface area contributed by atoms with Crippen LogP contribution in [0.3, 0.4) is 0 Å². The second kappa shape index (κ2) is 8.96. The summed E-state index contributed by atoms with van der Waals surface area (Å²) in [4.78, 5) is 11.8. The van der Waals surface area contributed by atoms with Crippen molar-refractivity contribution in [2.75, 3.05) is 18.4 Å². The predicted molar refractivity (Wildman–Crippen MR) is 122 cm³/mol. The van der Waals surface area contributed by atoms with E-state index in [1.165, 1.54) is 30.5 Å². The molecule has 0 unspecified atom stereocenters. The second-order valence-corrected chi connectivity index (χ2v) is 8.52. The maximum absolute atomic E-state index is 4.78. The molecular formula is C24H32N6. The monoisotopic (exact) mass is 404 g/mol. The van der Waals surface area contributed by atoms with E-state index in [-0.39, 0.29) is 0 Å². The largest absolute Gasteiger partial charge is 0.324 e. The molecule has 0 atom stereocenters. The average Bonchev–Trinajstić information content (AvgIpc) is 3.24. The molecule has 158 valence electrons. The third-order valence-corrected chi connectivity index (χ3v) is 5.76. The molecule has 0 saturated carbocycles. The highest BCUT2D eigenvalue weighted by Gasteiger charge is 2.16. The first-order valence-electron chi connectivity index (χ1n) is 11.0. The smallest absolute Gasteiger partial charge is 0.227 e. The fourth-order valence-corrected chi connectivity index (χ4v) is 3.93. The van der Waals surface area contributed by atoms with E-state index in [0.29, 0.717) is 12.0 Å². The van der Waals surface area contributed by atoms with E-state index < -0.39 is 0 Å². The minimum absolute atomic E-state index is 0.326. The Morgan fingerprint density at radius 3 is 2.80 bits per heavy atom. The molecule has 0 aliphatic carbocycles. The SMILES string of the molecule is CCCCN1CCc2cc(Nc3ncc(C)c(-c4cnn(C(C)C)c4)n3)ccc2C1. The summed E-state index contributed by atoms with van der Waals surface area (Å²) in [5.74, 6) is 0.619. The van der Waals surface area contributed by atoms with E-state index in [0.717, 1.165) is 42.0 Å². The lowest BCUT2D eigenvalue weighted by molar-refractivity contribution is 0.250. The van der Waals surface area contributed by atoms with Crippen LogP contribution in [0.5, 0.6) is 0 Å². The van der Waals surface area contributed by atoms with Gasteiger partial charge in [0, 0.05) is 42.8 Å². The maximum atomic E-state index is 4.78. The van der Waals surface area contributed by atoms with Gasteiger partial charge in [-0.15, -0.1) is 0 Å². The molecule has 0 spiro atoms. The van der Waals surface area contributed by atoms with Crippen LogP contribution in [0, 0.1) is 6.92 Å². The van der Waals surface area contributed by atoms with Gasteiger partial charge in [0.2, 0.25) is 5.95 Å². The number of rotatable bonds is 7. The summed E-state index contributed by atoms with van der Waals surface area (Å²) >= 11 is 0. The zero-order chi connectivity index (χ0) is 21.1. The number of anilines is 2. The Bertz CT molecular complexity index is 1010. The number of fused-ring (bicyclic) bond motifs is 1. The van der Waals surface area contributed by atoms with Gasteiger partial charge >= 0.3 is 0 Å². The van der Waals surface area contributed by atoms with Crippen molar-refractivity contribution < 1.29 is 0 Å². The highest BCUT2D eigenvalue weighted by Crippen LogP contribution is 2.26. The first kappa shape index (κ1) is 20.5. The van der Waals surface area contributed by atoms with Gasteiger partial charge in [0.05, 0.1) is 11.9 Å². The number of nitrogens with one attached hydrogen (secondary N) is 1. The van der Waals surface area contributed by atoms with E-state index in [9.17, 15) is 0 Å². The Labute approximate surface area is 179 Å². The van der Waals surface area contributed by atoms with Crippen LogP contribution in [0.1, 0.15) is 56.3 Å². The molecule has 1 aromatic carbocycles. The van der Waals surface area contributed by atoms with Crippen molar-refractivity contribution in [1.29, 1.82) is 0 Å². The summed E-state index contributed by atoms with van der Waals surface area (Å²) in [6, 6.07) is 6.97. The van der Waals surface area contributed by atoms with Crippen LogP contribution in [0.25, 0.3) is 11.3 Å². The summed E-state index contributed by atoms with van der Waals surface area (Å²) in [7, 11) is 0. The van der Waals surface area contributed by atoms with Gasteiger partial charge in [-0.05, 0) is 69.0 Å². The van der Waals surface area contributed by atoms with Crippen molar-refractivity contribution in [3.63, 3.8) is 0 Å². The van der Waals surface area contributed by atoms with E-state index in [2.05, 4.69) is 59.3 Å². The van der Waals surface area contributed by atoms with Gasteiger partial charge in [-0.2, -0.15) is 5.10 Å². The topological polar surface area (TPSA) is 58.9 Å². The van der Waals surface area contributed by atoms with E-state index in [1.54, 1.807) is 0 Å². The van der Waals surface area contributed by atoms with Gasteiger partial charge in [-0.1, -0.05) is 19.4 Å². The molecule has 1 aliphatic rings. The molecule has 0 bridgehead atoms. The maximum Gasteiger partial charge on any atom is 0.227 e. The quantitative estimate of drug-likeness (QED) is 0.591. The summed E-state index contributed by atoms with van der Waals surface area (Å²) in [5.41, 5.74) is 6.89. The number of nitrogens with zero attached hydrogens (tertiary/aromatic N) is 5. The second-order valence-electron chi connectivity index (χ2n) is 8.52. The summed E-state index contributed by atoms with van der Waals surface area (Å²) in [5, 5.41) is 7.86. The number of hydrogen-bond acceptors (Lipinski definition) is 5. The Balaban J connectivity index is 1.51. The Kier molecular flexibility index (Phi) is 6.13. The molecule has 0 fully saturated rings. The average molecular weight is 405 g/mol. The lowest BCUT2D eigenvalue weighted by atomic mass is 9.99. The van der Waals surface area contributed by atoms with Gasteiger partial charge in [-0.3, -0.25) is 9.58 Å². The number of hydrogen-bond donors (Lipinski definition) is 1. The van der Waals surface area contributed by atoms with Crippen LogP contribution in [-0.2, 0) is 13.0 Å². The molecule has 6 heteroatoms. The molecular weight excluding hydrogens is 372 g/mol. The number of unbranched alkanes of at least 4 members (excludes halogenated alkanes) is 1. The van der Waals surface area contributed by atoms with E-state index >= 15 is 0 Å². The van der Waals surface area contributed by atoms with Crippen LogP contribution in [0.15, 0.2) is 36.8 Å². The third-order valence-electron chi connectivity index (χ3n) is 5.76. The Hall–Kier alpha value is -2.73. The van der Waals surface area contributed by atoms with E-state index in [4.69, 9.17) is 4.98 Å². The van der Waals surface area contributed by atoms with Gasteiger partial charge in [0.25, 0.3) is 0 Å². The normalized spacial score (nSPS) is 14.2. The zero-order valence-corrected chi connectivity index (χ0v) is 18.5. The lowest BCUT2D eigenvalue weighted by Crippen LogP contribution is -2.31. The van der Waals surface area contributed by atoms with Crippen molar-refractivity contribution in [3.8, 4) is 11.3 Å². The summed E-state index contributed by atoms with van der Waals surface area (Å²) in [6.07, 6.45) is 9.43. The molecule has 0 radical (unpaired) electrons. The highest BCUT2D eigenvalue weighted by molar-refractivity contribution is 5.64. The highest BCUT2D eigenvalue weighted by atomic mass is 15.3. The van der Waals surface area contributed by atoms with Crippen LogP contribution in [-0.4, -0.2) is 37.7 Å². The number of aromatic nitrogens is 4. The van der Waals surface area contributed by atoms with E-state index in [1.807, 2.05) is 30.2 Å². The predicted octanol–water partition coefficient (Wildman–Crippen LogP) is 5.13. The summed E-state index contributed by atoms with van der Waals surface area (Å²) < 4.78 is 1.96. The van der Waals surface area contributed by atoms with Crippen molar-refractivity contribution in [3.05, 3.63) is 53.5 Å². The van der Waals surface area contributed by atoms with Crippen LogP contribution < -0.4 is 5.32 Å². The van der Waals surface area contributed by atoms with Crippen LogP contribution in [0.2, 0.25) is 0 Å².